The van der Waals surface area contributed by atoms with Gasteiger partial charge in [0, 0.05) is 18.6 Å². The lowest BCUT2D eigenvalue weighted by Crippen LogP contribution is -2.06. The fourth-order valence-corrected chi connectivity index (χ4v) is 2.57. The van der Waals surface area contributed by atoms with Crippen molar-refractivity contribution in [3.63, 3.8) is 0 Å². The molecule has 0 unspecified atom stereocenters. The molecular weight excluding hydrogens is 312 g/mol. The highest BCUT2D eigenvalue weighted by molar-refractivity contribution is 6.31. The van der Waals surface area contributed by atoms with Gasteiger partial charge in [-0.1, -0.05) is 42.4 Å². The molecule has 5 nitrogen and oxygen atoms in total. The van der Waals surface area contributed by atoms with Crippen molar-refractivity contribution in [1.29, 1.82) is 0 Å². The van der Waals surface area contributed by atoms with Crippen molar-refractivity contribution < 1.29 is 5.21 Å². The van der Waals surface area contributed by atoms with Gasteiger partial charge < -0.3 is 9.88 Å². The van der Waals surface area contributed by atoms with E-state index in [-0.39, 0.29) is 0 Å². The molecule has 3 N–H and O–H groups in total. The Morgan fingerprint density at radius 3 is 2.70 bits per heavy atom. The van der Waals surface area contributed by atoms with Crippen molar-refractivity contribution in [3.05, 3.63) is 65.2 Å². The molecule has 3 aromatic rings. The molecular formula is C17H17ClN4O. The quantitative estimate of drug-likeness (QED) is 0.624. The van der Waals surface area contributed by atoms with E-state index in [1.807, 2.05) is 54.1 Å². The first-order chi connectivity index (χ1) is 11.1. The minimum absolute atomic E-state index is 0.469. The predicted molar refractivity (Wildman–Crippen MR) is 93.4 cm³/mol. The largest absolute Gasteiger partial charge is 0.352 e. The Kier molecular flexibility index (Phi) is 4.23. The van der Waals surface area contributed by atoms with Gasteiger partial charge in [-0.15, -0.1) is 0 Å². The van der Waals surface area contributed by atoms with Crippen LogP contribution < -0.4 is 10.8 Å². The van der Waals surface area contributed by atoms with E-state index >= 15 is 0 Å². The first kappa shape index (κ1) is 15.4. The number of aryl methyl sites for hydroxylation is 1. The molecule has 0 fully saturated rings. The van der Waals surface area contributed by atoms with Crippen molar-refractivity contribution in [1.82, 2.24) is 15.0 Å². The highest BCUT2D eigenvalue weighted by Gasteiger charge is 2.07. The maximum Gasteiger partial charge on any atom is 0.203 e. The summed E-state index contributed by atoms with van der Waals surface area (Å²) in [4.78, 5) is 4.56. The molecule has 6 heteroatoms. The van der Waals surface area contributed by atoms with Gasteiger partial charge in [-0.05, 0) is 29.3 Å². The Hall–Kier alpha value is -2.50. The Labute approximate surface area is 139 Å². The molecule has 1 heterocycles. The van der Waals surface area contributed by atoms with E-state index in [4.69, 9.17) is 16.8 Å². The molecule has 118 valence electrons. The Balaban J connectivity index is 1.75. The summed E-state index contributed by atoms with van der Waals surface area (Å²) in [5, 5.41) is 12.8. The molecule has 23 heavy (non-hydrogen) atoms. The average Bonchev–Trinajstić information content (AvgIpc) is 2.88. The third-order valence-electron chi connectivity index (χ3n) is 3.73. The molecule has 0 saturated heterocycles. The molecule has 0 amide bonds. The van der Waals surface area contributed by atoms with Gasteiger partial charge in [0.2, 0.25) is 5.95 Å². The Morgan fingerprint density at radius 1 is 1.26 bits per heavy atom. The van der Waals surface area contributed by atoms with Gasteiger partial charge in [-0.25, -0.2) is 4.98 Å². The molecule has 0 aliphatic heterocycles. The second kappa shape index (κ2) is 6.32. The lowest BCUT2D eigenvalue weighted by Gasteiger charge is -2.08. The van der Waals surface area contributed by atoms with Crippen LogP contribution in [0.15, 0.2) is 49.0 Å². The summed E-state index contributed by atoms with van der Waals surface area (Å²) in [6.45, 7) is 4.35. The molecule has 0 spiro atoms. The number of anilines is 1. The van der Waals surface area contributed by atoms with E-state index in [1.165, 1.54) is 0 Å². The molecule has 2 aromatic carbocycles. The Bertz CT molecular complexity index is 855. The fourth-order valence-electron chi connectivity index (χ4n) is 2.40. The number of hydroxylamine groups is 1. The van der Waals surface area contributed by atoms with Crippen LogP contribution in [-0.2, 0) is 13.6 Å². The van der Waals surface area contributed by atoms with Gasteiger partial charge in [0.1, 0.15) is 0 Å². The summed E-state index contributed by atoms with van der Waals surface area (Å²) >= 11 is 6.01. The van der Waals surface area contributed by atoms with Crippen LogP contribution in [0.25, 0.3) is 16.7 Å². The van der Waals surface area contributed by atoms with Crippen LogP contribution >= 0.6 is 11.6 Å². The second-order valence-corrected chi connectivity index (χ2v) is 5.70. The third kappa shape index (κ3) is 3.16. The molecule has 0 atom stereocenters. The minimum Gasteiger partial charge on any atom is -0.352 e. The lowest BCUT2D eigenvalue weighted by atomic mass is 10.1. The summed E-state index contributed by atoms with van der Waals surface area (Å²) in [6, 6.07) is 13.4. The third-order valence-corrected chi connectivity index (χ3v) is 3.97. The van der Waals surface area contributed by atoms with Crippen molar-refractivity contribution in [2.75, 3.05) is 5.32 Å². The van der Waals surface area contributed by atoms with E-state index < -0.39 is 0 Å². The van der Waals surface area contributed by atoms with Crippen LogP contribution in [0.4, 0.5) is 5.95 Å². The summed E-state index contributed by atoms with van der Waals surface area (Å²) in [5.74, 6) is 0.785. The van der Waals surface area contributed by atoms with Gasteiger partial charge >= 0.3 is 0 Å². The first-order valence-electron chi connectivity index (χ1n) is 7.12. The first-order valence-corrected chi connectivity index (χ1v) is 7.50. The fraction of sp³-hybridized carbons (Fsp3) is 0.118. The Morgan fingerprint density at radius 2 is 2.00 bits per heavy atom. The zero-order chi connectivity index (χ0) is 16.4. The van der Waals surface area contributed by atoms with E-state index in [0.29, 0.717) is 17.3 Å². The lowest BCUT2D eigenvalue weighted by molar-refractivity contribution is 0.225. The van der Waals surface area contributed by atoms with Crippen LogP contribution in [-0.4, -0.2) is 14.8 Å². The summed E-state index contributed by atoms with van der Waals surface area (Å²) in [7, 11) is 1.96. The van der Waals surface area contributed by atoms with Crippen molar-refractivity contribution in [2.24, 2.45) is 7.05 Å². The molecule has 3 rings (SSSR count). The molecule has 0 aliphatic rings. The molecule has 0 aliphatic carbocycles. The maximum atomic E-state index is 8.85. The van der Waals surface area contributed by atoms with Crippen LogP contribution in [0, 0.1) is 0 Å². The van der Waals surface area contributed by atoms with Gasteiger partial charge in [0.25, 0.3) is 0 Å². The second-order valence-electron chi connectivity index (χ2n) is 5.27. The number of halogens is 1. The van der Waals surface area contributed by atoms with Gasteiger partial charge in [0.05, 0.1) is 16.7 Å². The number of hydrogen-bond donors (Lipinski definition) is 3. The van der Waals surface area contributed by atoms with Crippen LogP contribution in [0.1, 0.15) is 11.1 Å². The number of rotatable bonds is 5. The highest BCUT2D eigenvalue weighted by Crippen LogP contribution is 2.22. The van der Waals surface area contributed by atoms with E-state index in [9.17, 15) is 0 Å². The number of nitrogens with zero attached hydrogens (tertiary/aromatic N) is 2. The minimum atomic E-state index is 0.469. The van der Waals surface area contributed by atoms with Crippen molar-refractivity contribution >= 4 is 34.3 Å². The number of nitrogens with one attached hydrogen (secondary N) is 2. The predicted octanol–water partition coefficient (Wildman–Crippen LogP) is 3.79. The number of fused-ring (bicyclic) bond motifs is 1. The summed E-state index contributed by atoms with van der Waals surface area (Å²) in [5.41, 5.74) is 6.35. The number of imidazole rings is 1. The van der Waals surface area contributed by atoms with Crippen LogP contribution in [0.3, 0.4) is 0 Å². The molecule has 0 radical (unpaired) electrons. The number of hydrogen-bond acceptors (Lipinski definition) is 4. The summed E-state index contributed by atoms with van der Waals surface area (Å²) in [6.07, 6.45) is 0. The number of benzene rings is 2. The maximum absolute atomic E-state index is 8.85. The monoisotopic (exact) mass is 328 g/mol. The SMILES string of the molecule is C=C(NO)c1ccc(CNc2nc3cc(Cl)ccc3n2C)cc1. The highest BCUT2D eigenvalue weighted by atomic mass is 35.5. The van der Waals surface area contributed by atoms with E-state index in [0.717, 1.165) is 28.1 Å². The van der Waals surface area contributed by atoms with E-state index in [2.05, 4.69) is 22.4 Å². The zero-order valence-corrected chi connectivity index (χ0v) is 13.4. The topological polar surface area (TPSA) is 62.1 Å². The van der Waals surface area contributed by atoms with Crippen molar-refractivity contribution in [2.45, 2.75) is 6.54 Å². The van der Waals surface area contributed by atoms with Crippen LogP contribution in [0.5, 0.6) is 0 Å². The van der Waals surface area contributed by atoms with Gasteiger partial charge in [-0.3, -0.25) is 10.7 Å². The average molecular weight is 329 g/mol. The standard InChI is InChI=1S/C17H17ClN4O/c1-11(21-23)13-5-3-12(4-6-13)10-19-17-20-15-9-14(18)7-8-16(15)22(17)2/h3-9,21,23H,1,10H2,2H3,(H,19,20). The smallest absolute Gasteiger partial charge is 0.203 e. The van der Waals surface area contributed by atoms with Crippen molar-refractivity contribution in [3.8, 4) is 0 Å². The number of aromatic nitrogens is 2. The molecule has 0 bridgehead atoms. The van der Waals surface area contributed by atoms with Gasteiger partial charge in [0.15, 0.2) is 0 Å². The zero-order valence-electron chi connectivity index (χ0n) is 12.7. The van der Waals surface area contributed by atoms with Crippen LogP contribution in [0.2, 0.25) is 5.02 Å². The van der Waals surface area contributed by atoms with Gasteiger partial charge in [-0.2, -0.15) is 0 Å². The van der Waals surface area contributed by atoms with E-state index in [1.54, 1.807) is 0 Å². The molecule has 1 aromatic heterocycles. The molecule has 0 saturated carbocycles. The normalized spacial score (nSPS) is 10.7. The summed E-state index contributed by atoms with van der Waals surface area (Å²) < 4.78 is 2.00.